The number of pyridine rings is 1. The molecular formula is C24H28F5N5O3S. The number of anilines is 1. The molecule has 0 aromatic carbocycles. The molecule has 2 saturated heterocycles. The van der Waals surface area contributed by atoms with Crippen LogP contribution in [0.25, 0.3) is 10.4 Å². The highest BCUT2D eigenvalue weighted by Gasteiger charge is 2.44. The van der Waals surface area contributed by atoms with Crippen LogP contribution in [0, 0.1) is 0 Å². The summed E-state index contributed by atoms with van der Waals surface area (Å²) in [4.78, 5) is 36.2. The zero-order valence-corrected chi connectivity index (χ0v) is 21.7. The van der Waals surface area contributed by atoms with Gasteiger partial charge in [0.05, 0.1) is 10.5 Å². The number of hydrogen-bond donors (Lipinski definition) is 3. The van der Waals surface area contributed by atoms with Gasteiger partial charge in [0.2, 0.25) is 0 Å². The predicted octanol–water partition coefficient (Wildman–Crippen LogP) is 4.77. The van der Waals surface area contributed by atoms with Crippen LogP contribution in [0.1, 0.15) is 78.7 Å². The Hall–Kier alpha value is -2.87. The molecule has 2 aliphatic rings. The summed E-state index contributed by atoms with van der Waals surface area (Å²) in [7, 11) is 0. The van der Waals surface area contributed by atoms with Gasteiger partial charge in [0.25, 0.3) is 18.2 Å². The highest BCUT2D eigenvalue weighted by atomic mass is 32.1. The second-order valence-electron chi connectivity index (χ2n) is 10.2. The van der Waals surface area contributed by atoms with Crippen molar-refractivity contribution >= 4 is 29.0 Å². The molecule has 2 bridgehead atoms. The number of nitrogens with one attached hydrogen (secondary N) is 2. The number of carbonyl (C=O) groups is 2. The van der Waals surface area contributed by atoms with E-state index < -0.39 is 47.4 Å². The summed E-state index contributed by atoms with van der Waals surface area (Å²) in [6.45, 7) is 3.67. The Morgan fingerprint density at radius 2 is 1.79 bits per heavy atom. The van der Waals surface area contributed by atoms with E-state index in [2.05, 4.69) is 20.6 Å². The molecule has 2 fully saturated rings. The van der Waals surface area contributed by atoms with Crippen LogP contribution >= 0.6 is 11.3 Å². The highest BCUT2D eigenvalue weighted by Crippen LogP contribution is 2.42. The summed E-state index contributed by atoms with van der Waals surface area (Å²) in [5, 5.41) is 14.3. The van der Waals surface area contributed by atoms with E-state index in [1.165, 1.54) is 13.8 Å². The SMILES string of the molecule is C[C@H](Nc1cc(C(F)F)c(-c2sc(C(=O)NCC(C)(C)O)nc2C(=O)N2C3CCC2CC3)cn1)C(F)(F)F. The summed E-state index contributed by atoms with van der Waals surface area (Å²) in [5.41, 5.74) is -2.26. The second kappa shape index (κ2) is 10.4. The number of rotatable bonds is 8. The van der Waals surface area contributed by atoms with Crippen LogP contribution in [-0.2, 0) is 0 Å². The van der Waals surface area contributed by atoms with E-state index in [1.807, 2.05) is 0 Å². The third kappa shape index (κ3) is 5.90. The number of thiazole rings is 1. The third-order valence-corrected chi connectivity index (χ3v) is 7.75. The standard InChI is InChI=1S/C24H28F5N5O3S/c1-11(24(27,28)29)32-16-8-14(19(25)26)15(9-30-16)18-17(22(36)34-12-4-5-13(34)7-6-12)33-21(38-18)20(35)31-10-23(2,3)37/h8-9,11-13,19,37H,4-7,10H2,1-3H3,(H,30,32)(H,31,35)/t11-,12?,13?/m0/s1. The first-order valence-corrected chi connectivity index (χ1v) is 12.9. The van der Waals surface area contributed by atoms with Gasteiger partial charge >= 0.3 is 6.18 Å². The first-order chi connectivity index (χ1) is 17.7. The smallest absolute Gasteiger partial charge is 0.389 e. The zero-order valence-electron chi connectivity index (χ0n) is 20.9. The van der Waals surface area contributed by atoms with Gasteiger partial charge in [-0.25, -0.2) is 18.7 Å². The number of amides is 2. The molecule has 4 rings (SSSR count). The molecule has 1 atom stereocenters. The first kappa shape index (κ1) is 28.1. The molecule has 2 amide bonds. The topological polar surface area (TPSA) is 107 Å². The third-order valence-electron chi connectivity index (χ3n) is 6.66. The Morgan fingerprint density at radius 3 is 2.32 bits per heavy atom. The second-order valence-corrected chi connectivity index (χ2v) is 11.2. The fourth-order valence-corrected chi connectivity index (χ4v) is 5.71. The Labute approximate surface area is 219 Å². The fourth-order valence-electron chi connectivity index (χ4n) is 4.71. The van der Waals surface area contributed by atoms with Crippen molar-refractivity contribution in [3.8, 4) is 10.4 Å². The molecule has 3 N–H and O–H groups in total. The van der Waals surface area contributed by atoms with Crippen molar-refractivity contribution < 1.29 is 36.6 Å². The molecule has 0 aliphatic carbocycles. The zero-order chi connectivity index (χ0) is 28.0. The van der Waals surface area contributed by atoms with Crippen LogP contribution < -0.4 is 10.6 Å². The molecule has 2 aromatic rings. The van der Waals surface area contributed by atoms with Gasteiger partial charge in [-0.1, -0.05) is 0 Å². The molecule has 14 heteroatoms. The molecule has 0 spiro atoms. The van der Waals surface area contributed by atoms with E-state index in [9.17, 15) is 36.6 Å². The van der Waals surface area contributed by atoms with Gasteiger partial charge in [0.15, 0.2) is 5.01 Å². The van der Waals surface area contributed by atoms with Crippen LogP contribution in [0.3, 0.4) is 0 Å². The van der Waals surface area contributed by atoms with Crippen molar-refractivity contribution in [2.45, 2.75) is 82.8 Å². The number of halogens is 5. The van der Waals surface area contributed by atoms with Gasteiger partial charge in [-0.15, -0.1) is 11.3 Å². The molecule has 2 aromatic heterocycles. The molecule has 0 radical (unpaired) electrons. The summed E-state index contributed by atoms with van der Waals surface area (Å²) in [6.07, 6.45) is -3.51. The van der Waals surface area contributed by atoms with E-state index in [-0.39, 0.29) is 39.8 Å². The number of aromatic nitrogens is 2. The van der Waals surface area contributed by atoms with Crippen LogP contribution in [0.2, 0.25) is 0 Å². The number of fused-ring (bicyclic) bond motifs is 2. The number of nitrogens with zero attached hydrogens (tertiary/aromatic N) is 3. The molecular weight excluding hydrogens is 533 g/mol. The van der Waals surface area contributed by atoms with E-state index in [0.717, 1.165) is 44.9 Å². The van der Waals surface area contributed by atoms with Crippen molar-refractivity contribution in [2.75, 3.05) is 11.9 Å². The van der Waals surface area contributed by atoms with E-state index in [4.69, 9.17) is 0 Å². The van der Waals surface area contributed by atoms with Gasteiger partial charge < -0.3 is 20.6 Å². The molecule has 8 nitrogen and oxygen atoms in total. The van der Waals surface area contributed by atoms with Gasteiger partial charge in [-0.3, -0.25) is 9.59 Å². The summed E-state index contributed by atoms with van der Waals surface area (Å²) in [5.74, 6) is -1.60. The van der Waals surface area contributed by atoms with Crippen molar-refractivity contribution in [3.05, 3.63) is 28.5 Å². The number of aliphatic hydroxyl groups is 1. The first-order valence-electron chi connectivity index (χ1n) is 12.1. The van der Waals surface area contributed by atoms with Crippen LogP contribution in [0.15, 0.2) is 12.3 Å². The number of carbonyl (C=O) groups excluding carboxylic acids is 2. The fraction of sp³-hybridized carbons (Fsp3) is 0.583. The molecule has 0 unspecified atom stereocenters. The maximum absolute atomic E-state index is 14.2. The monoisotopic (exact) mass is 561 g/mol. The van der Waals surface area contributed by atoms with Gasteiger partial charge in [-0.05, 0) is 52.5 Å². The molecule has 208 valence electrons. The highest BCUT2D eigenvalue weighted by molar-refractivity contribution is 7.17. The van der Waals surface area contributed by atoms with Crippen molar-refractivity contribution in [1.82, 2.24) is 20.2 Å². The lowest BCUT2D eigenvalue weighted by Gasteiger charge is -2.22. The van der Waals surface area contributed by atoms with Crippen LogP contribution in [0.4, 0.5) is 27.8 Å². The Morgan fingerprint density at radius 1 is 1.18 bits per heavy atom. The maximum atomic E-state index is 14.2. The lowest BCUT2D eigenvalue weighted by Crippen LogP contribution is -2.38. The van der Waals surface area contributed by atoms with Gasteiger partial charge in [0.1, 0.15) is 17.6 Å². The maximum Gasteiger partial charge on any atom is 0.408 e. The lowest BCUT2D eigenvalue weighted by molar-refractivity contribution is -0.138. The quantitative estimate of drug-likeness (QED) is 0.401. The van der Waals surface area contributed by atoms with Crippen molar-refractivity contribution in [1.29, 1.82) is 0 Å². The minimum atomic E-state index is -4.62. The van der Waals surface area contributed by atoms with E-state index >= 15 is 0 Å². The average molecular weight is 562 g/mol. The average Bonchev–Trinajstić information content (AvgIpc) is 3.55. The summed E-state index contributed by atoms with van der Waals surface area (Å²) in [6, 6.07) is -1.23. The van der Waals surface area contributed by atoms with Gasteiger partial charge in [0, 0.05) is 36.0 Å². The van der Waals surface area contributed by atoms with Crippen molar-refractivity contribution in [2.24, 2.45) is 0 Å². The van der Waals surface area contributed by atoms with E-state index in [1.54, 1.807) is 4.90 Å². The lowest BCUT2D eigenvalue weighted by atomic mass is 10.0. The molecule has 4 heterocycles. The summed E-state index contributed by atoms with van der Waals surface area (Å²) >= 11 is 0.711. The van der Waals surface area contributed by atoms with Gasteiger partial charge in [-0.2, -0.15) is 13.2 Å². The van der Waals surface area contributed by atoms with Crippen LogP contribution in [0.5, 0.6) is 0 Å². The predicted molar refractivity (Wildman–Crippen MR) is 130 cm³/mol. The van der Waals surface area contributed by atoms with Crippen LogP contribution in [-0.4, -0.2) is 68.2 Å². The largest absolute Gasteiger partial charge is 0.408 e. The minimum Gasteiger partial charge on any atom is -0.389 e. The minimum absolute atomic E-state index is 0.00218. The summed E-state index contributed by atoms with van der Waals surface area (Å²) < 4.78 is 67.2. The molecule has 2 aliphatic heterocycles. The van der Waals surface area contributed by atoms with Crippen molar-refractivity contribution in [3.63, 3.8) is 0 Å². The number of alkyl halides is 5. The Balaban J connectivity index is 1.75. The van der Waals surface area contributed by atoms with E-state index in [0.29, 0.717) is 11.3 Å². The Kier molecular flexibility index (Phi) is 7.67. The normalized spacial score (nSPS) is 20.2. The molecule has 38 heavy (non-hydrogen) atoms. The Bertz CT molecular complexity index is 1190. The number of hydrogen-bond acceptors (Lipinski definition) is 7. The molecule has 0 saturated carbocycles.